The molecular formula is C16H31O3P. The molecule has 0 saturated heterocycles. The molecule has 0 radical (unpaired) electrons. The van der Waals surface area contributed by atoms with Gasteiger partial charge in [-0.2, -0.15) is 0 Å². The van der Waals surface area contributed by atoms with Gasteiger partial charge < -0.3 is 9.05 Å². The van der Waals surface area contributed by atoms with Crippen molar-refractivity contribution in [1.29, 1.82) is 0 Å². The summed E-state index contributed by atoms with van der Waals surface area (Å²) in [6.07, 6.45) is 8.19. The van der Waals surface area contributed by atoms with Crippen LogP contribution >= 0.6 is 8.25 Å². The van der Waals surface area contributed by atoms with E-state index in [1.165, 1.54) is 0 Å². The standard InChI is InChI=1S/C16H31O3P/c1-7-13-15(9-3,10-4)18-20(17)19-16(11-5,12-6)14-8-2/h7-8,20H,1-2,9-14H2,3-6H3. The smallest absolute Gasteiger partial charge is 0.304 e. The van der Waals surface area contributed by atoms with Crippen molar-refractivity contribution in [1.82, 2.24) is 0 Å². The first-order chi connectivity index (χ1) is 9.46. The van der Waals surface area contributed by atoms with Crippen molar-refractivity contribution in [3.05, 3.63) is 25.3 Å². The highest BCUT2D eigenvalue weighted by molar-refractivity contribution is 7.33. The summed E-state index contributed by atoms with van der Waals surface area (Å²) < 4.78 is 23.9. The van der Waals surface area contributed by atoms with E-state index in [2.05, 4.69) is 13.2 Å². The van der Waals surface area contributed by atoms with E-state index in [1.807, 2.05) is 39.8 Å². The maximum absolute atomic E-state index is 12.3. The van der Waals surface area contributed by atoms with Crippen molar-refractivity contribution in [2.45, 2.75) is 77.4 Å². The summed E-state index contributed by atoms with van der Waals surface area (Å²) in [6, 6.07) is 0. The minimum atomic E-state index is -2.54. The Hall–Kier alpha value is -0.370. The van der Waals surface area contributed by atoms with Crippen molar-refractivity contribution in [2.75, 3.05) is 0 Å². The lowest BCUT2D eigenvalue weighted by Crippen LogP contribution is -2.31. The Balaban J connectivity index is 4.88. The highest BCUT2D eigenvalue weighted by Gasteiger charge is 2.33. The molecule has 3 nitrogen and oxygen atoms in total. The van der Waals surface area contributed by atoms with Crippen LogP contribution in [0, 0.1) is 0 Å². The van der Waals surface area contributed by atoms with Crippen LogP contribution in [0.2, 0.25) is 0 Å². The molecule has 4 heteroatoms. The van der Waals surface area contributed by atoms with Gasteiger partial charge in [0, 0.05) is 0 Å². The molecule has 0 rings (SSSR count). The molecule has 0 saturated carbocycles. The second-order valence-electron chi connectivity index (χ2n) is 5.22. The number of rotatable bonds is 12. The van der Waals surface area contributed by atoms with Gasteiger partial charge in [-0.3, -0.25) is 4.57 Å². The lowest BCUT2D eigenvalue weighted by Gasteiger charge is -2.34. The Bertz CT molecular complexity index is 288. The van der Waals surface area contributed by atoms with Crippen LogP contribution < -0.4 is 0 Å². The van der Waals surface area contributed by atoms with Gasteiger partial charge >= 0.3 is 8.25 Å². The Labute approximate surface area is 125 Å². The summed E-state index contributed by atoms with van der Waals surface area (Å²) in [4.78, 5) is 0. The van der Waals surface area contributed by atoms with E-state index in [1.54, 1.807) is 0 Å². The fourth-order valence-electron chi connectivity index (χ4n) is 2.35. The maximum atomic E-state index is 12.3. The zero-order chi connectivity index (χ0) is 15.6. The predicted octanol–water partition coefficient (Wildman–Crippen LogP) is 5.68. The fraction of sp³-hybridized carbons (Fsp3) is 0.750. The summed E-state index contributed by atoms with van der Waals surface area (Å²) in [6.45, 7) is 15.7. The number of hydrogen-bond acceptors (Lipinski definition) is 3. The molecule has 0 aromatic carbocycles. The third kappa shape index (κ3) is 5.55. The van der Waals surface area contributed by atoms with Crippen LogP contribution in [-0.4, -0.2) is 11.2 Å². The first-order valence-electron chi connectivity index (χ1n) is 7.60. The maximum Gasteiger partial charge on any atom is 0.320 e. The minimum absolute atomic E-state index is 0.417. The van der Waals surface area contributed by atoms with E-state index >= 15 is 0 Å². The molecule has 0 bridgehead atoms. The Morgan fingerprint density at radius 2 is 1.15 bits per heavy atom. The largest absolute Gasteiger partial charge is 0.320 e. The molecule has 0 aliphatic heterocycles. The lowest BCUT2D eigenvalue weighted by atomic mass is 9.94. The Morgan fingerprint density at radius 1 is 0.850 bits per heavy atom. The predicted molar refractivity (Wildman–Crippen MR) is 87.4 cm³/mol. The molecule has 0 aliphatic rings. The van der Waals surface area contributed by atoms with Crippen LogP contribution in [0.15, 0.2) is 25.3 Å². The quantitative estimate of drug-likeness (QED) is 0.344. The van der Waals surface area contributed by atoms with E-state index in [-0.39, 0.29) is 0 Å². The van der Waals surface area contributed by atoms with Crippen molar-refractivity contribution in [3.63, 3.8) is 0 Å². The summed E-state index contributed by atoms with van der Waals surface area (Å²) in [5.41, 5.74) is -0.835. The molecule has 0 aromatic rings. The van der Waals surface area contributed by atoms with Gasteiger partial charge in [0.1, 0.15) is 0 Å². The van der Waals surface area contributed by atoms with Crippen LogP contribution in [0.5, 0.6) is 0 Å². The Kier molecular flexibility index (Phi) is 9.37. The summed E-state index contributed by atoms with van der Waals surface area (Å²) in [7, 11) is -2.54. The van der Waals surface area contributed by atoms with Crippen LogP contribution in [0.1, 0.15) is 66.2 Å². The highest BCUT2D eigenvalue weighted by Crippen LogP contribution is 2.43. The summed E-state index contributed by atoms with van der Waals surface area (Å²) >= 11 is 0. The first-order valence-corrected chi connectivity index (χ1v) is 8.83. The first kappa shape index (κ1) is 19.6. The molecule has 0 heterocycles. The molecule has 0 aliphatic carbocycles. The van der Waals surface area contributed by atoms with Crippen molar-refractivity contribution in [3.8, 4) is 0 Å². The van der Waals surface area contributed by atoms with Crippen LogP contribution in [0.3, 0.4) is 0 Å². The summed E-state index contributed by atoms with van der Waals surface area (Å²) in [5.74, 6) is 0. The molecule has 0 N–H and O–H groups in total. The zero-order valence-electron chi connectivity index (χ0n) is 13.5. The van der Waals surface area contributed by atoms with Gasteiger partial charge in [0.15, 0.2) is 0 Å². The molecular weight excluding hydrogens is 271 g/mol. The van der Waals surface area contributed by atoms with Gasteiger partial charge in [-0.1, -0.05) is 39.8 Å². The lowest BCUT2D eigenvalue weighted by molar-refractivity contribution is 0.00579. The molecule has 118 valence electrons. The second kappa shape index (κ2) is 9.55. The van der Waals surface area contributed by atoms with Gasteiger partial charge in [-0.15, -0.1) is 13.2 Å². The van der Waals surface area contributed by atoms with Gasteiger partial charge in [-0.25, -0.2) is 0 Å². The molecule has 0 spiro atoms. The van der Waals surface area contributed by atoms with Crippen molar-refractivity contribution < 1.29 is 13.6 Å². The van der Waals surface area contributed by atoms with E-state index in [9.17, 15) is 4.57 Å². The van der Waals surface area contributed by atoms with Gasteiger partial charge in [0.2, 0.25) is 0 Å². The molecule has 0 fully saturated rings. The minimum Gasteiger partial charge on any atom is -0.304 e. The van der Waals surface area contributed by atoms with E-state index in [0.717, 1.165) is 25.7 Å². The average molecular weight is 302 g/mol. The van der Waals surface area contributed by atoms with Crippen molar-refractivity contribution >= 4 is 8.25 Å². The fourth-order valence-corrected chi connectivity index (χ4v) is 3.84. The second-order valence-corrected chi connectivity index (χ2v) is 6.13. The molecule has 0 atom stereocenters. The van der Waals surface area contributed by atoms with E-state index < -0.39 is 19.5 Å². The van der Waals surface area contributed by atoms with Gasteiger partial charge in [-0.05, 0) is 38.5 Å². The topological polar surface area (TPSA) is 35.5 Å². The monoisotopic (exact) mass is 302 g/mol. The van der Waals surface area contributed by atoms with E-state index in [4.69, 9.17) is 9.05 Å². The molecule has 0 amide bonds. The Morgan fingerprint density at radius 3 is 1.35 bits per heavy atom. The SMILES string of the molecule is C=CCC(CC)(CC)O[PH](=O)OC(CC)(CC)CC=C. The zero-order valence-corrected chi connectivity index (χ0v) is 14.5. The van der Waals surface area contributed by atoms with Crippen molar-refractivity contribution in [2.24, 2.45) is 0 Å². The summed E-state index contributed by atoms with van der Waals surface area (Å²) in [5, 5.41) is 0. The average Bonchev–Trinajstić information content (AvgIpc) is 2.46. The third-order valence-electron chi connectivity index (χ3n) is 4.21. The van der Waals surface area contributed by atoms with Gasteiger partial charge in [0.25, 0.3) is 0 Å². The third-order valence-corrected chi connectivity index (χ3v) is 5.41. The van der Waals surface area contributed by atoms with Crippen LogP contribution in [-0.2, 0) is 13.6 Å². The highest BCUT2D eigenvalue weighted by atomic mass is 31.1. The van der Waals surface area contributed by atoms with Crippen LogP contribution in [0.25, 0.3) is 0 Å². The molecule has 20 heavy (non-hydrogen) atoms. The number of hydrogen-bond donors (Lipinski definition) is 0. The normalized spacial score (nSPS) is 12.7. The van der Waals surface area contributed by atoms with Crippen LogP contribution in [0.4, 0.5) is 0 Å². The van der Waals surface area contributed by atoms with Gasteiger partial charge in [0.05, 0.1) is 11.2 Å². The molecule has 0 aromatic heterocycles. The van der Waals surface area contributed by atoms with E-state index in [0.29, 0.717) is 12.8 Å². The molecule has 0 unspecified atom stereocenters.